The minimum Gasteiger partial charge on any atom is -0.353 e. The van der Waals surface area contributed by atoms with Crippen molar-refractivity contribution in [1.29, 1.82) is 0 Å². The Hall–Kier alpha value is -1.76. The summed E-state index contributed by atoms with van der Waals surface area (Å²) in [5, 5.41) is 3.53. The molecule has 0 spiro atoms. The summed E-state index contributed by atoms with van der Waals surface area (Å²) in [6.07, 6.45) is 1.71. The minimum atomic E-state index is -0.0766. The van der Waals surface area contributed by atoms with Crippen LogP contribution in [0.4, 0.5) is 0 Å². The van der Waals surface area contributed by atoms with Gasteiger partial charge in [-0.3, -0.25) is 14.2 Å². The van der Waals surface area contributed by atoms with Crippen molar-refractivity contribution in [3.63, 3.8) is 0 Å². The zero-order valence-corrected chi connectivity index (χ0v) is 15.8. The van der Waals surface area contributed by atoms with Gasteiger partial charge in [-0.2, -0.15) is 0 Å². The summed E-state index contributed by atoms with van der Waals surface area (Å²) in [6, 6.07) is 2.04. The molecule has 0 fully saturated rings. The molecule has 0 aromatic carbocycles. The molecule has 0 aliphatic rings. The SMILES string of the molecule is CC[C@H](C)NC(=O)CSc1nc2cc(C)[nH]c2c(=O)n1[C@@H](C)CC. The molecule has 0 saturated carbocycles. The van der Waals surface area contributed by atoms with E-state index in [9.17, 15) is 9.59 Å². The number of hydrogen-bond donors (Lipinski definition) is 2. The molecule has 2 aromatic rings. The summed E-state index contributed by atoms with van der Waals surface area (Å²) in [6.45, 7) is 9.94. The lowest BCUT2D eigenvalue weighted by atomic mass is 10.2. The smallest absolute Gasteiger partial charge is 0.278 e. The maximum atomic E-state index is 12.8. The number of fused-ring (bicyclic) bond motifs is 1. The van der Waals surface area contributed by atoms with Crippen LogP contribution in [-0.4, -0.2) is 32.2 Å². The van der Waals surface area contributed by atoms with Gasteiger partial charge in [0.2, 0.25) is 5.91 Å². The average Bonchev–Trinajstić information content (AvgIpc) is 2.93. The van der Waals surface area contributed by atoms with E-state index in [4.69, 9.17) is 0 Å². The number of aryl methyl sites for hydroxylation is 1. The lowest BCUT2D eigenvalue weighted by molar-refractivity contribution is -0.119. The van der Waals surface area contributed by atoms with Crippen molar-refractivity contribution in [2.45, 2.75) is 64.7 Å². The van der Waals surface area contributed by atoms with Gasteiger partial charge in [-0.1, -0.05) is 25.6 Å². The van der Waals surface area contributed by atoms with E-state index in [1.807, 2.05) is 40.7 Å². The van der Waals surface area contributed by atoms with Crippen LogP contribution in [0.15, 0.2) is 16.0 Å². The van der Waals surface area contributed by atoms with E-state index >= 15 is 0 Å². The molecule has 0 aliphatic carbocycles. The Morgan fingerprint density at radius 3 is 2.71 bits per heavy atom. The number of aromatic amines is 1. The van der Waals surface area contributed by atoms with Gasteiger partial charge in [-0.05, 0) is 39.7 Å². The summed E-state index contributed by atoms with van der Waals surface area (Å²) in [4.78, 5) is 32.5. The molecule has 1 amide bonds. The third kappa shape index (κ3) is 4.01. The van der Waals surface area contributed by atoms with Crippen LogP contribution < -0.4 is 10.9 Å². The molecule has 2 heterocycles. The number of thioether (sulfide) groups is 1. The number of aromatic nitrogens is 3. The third-order valence-electron chi connectivity index (χ3n) is 4.17. The fourth-order valence-corrected chi connectivity index (χ4v) is 3.32. The van der Waals surface area contributed by atoms with Gasteiger partial charge < -0.3 is 10.3 Å². The van der Waals surface area contributed by atoms with Crippen LogP contribution in [0.2, 0.25) is 0 Å². The van der Waals surface area contributed by atoms with Crippen LogP contribution in [0.25, 0.3) is 11.0 Å². The van der Waals surface area contributed by atoms with Crippen molar-refractivity contribution in [3.05, 3.63) is 22.1 Å². The van der Waals surface area contributed by atoms with Crippen LogP contribution in [0.5, 0.6) is 0 Å². The highest BCUT2D eigenvalue weighted by Crippen LogP contribution is 2.22. The lowest BCUT2D eigenvalue weighted by Gasteiger charge is -2.17. The largest absolute Gasteiger partial charge is 0.353 e. The summed E-state index contributed by atoms with van der Waals surface area (Å²) in [5.74, 6) is 0.215. The predicted molar refractivity (Wildman–Crippen MR) is 98.7 cm³/mol. The Bertz CT molecular complexity index is 781. The Labute approximate surface area is 146 Å². The molecule has 2 N–H and O–H groups in total. The molecule has 2 rings (SSSR count). The van der Waals surface area contributed by atoms with Gasteiger partial charge in [0.05, 0.1) is 11.3 Å². The van der Waals surface area contributed by atoms with E-state index in [0.717, 1.165) is 18.5 Å². The maximum absolute atomic E-state index is 12.8. The predicted octanol–water partition coefficient (Wildman–Crippen LogP) is 3.01. The fraction of sp³-hybridized carbons (Fsp3) is 0.588. The fourth-order valence-electron chi connectivity index (χ4n) is 2.41. The monoisotopic (exact) mass is 350 g/mol. The first-order chi connectivity index (χ1) is 11.4. The van der Waals surface area contributed by atoms with Crippen LogP contribution in [-0.2, 0) is 4.79 Å². The Balaban J connectivity index is 2.33. The zero-order chi connectivity index (χ0) is 17.9. The summed E-state index contributed by atoms with van der Waals surface area (Å²) in [7, 11) is 0. The van der Waals surface area contributed by atoms with Gasteiger partial charge in [-0.15, -0.1) is 0 Å². The van der Waals surface area contributed by atoms with E-state index < -0.39 is 0 Å². The second kappa shape index (κ2) is 7.88. The summed E-state index contributed by atoms with van der Waals surface area (Å²) >= 11 is 1.32. The molecule has 2 atom stereocenters. The molecule has 7 heteroatoms. The Morgan fingerprint density at radius 1 is 1.38 bits per heavy atom. The molecular weight excluding hydrogens is 324 g/mol. The van der Waals surface area contributed by atoms with E-state index in [1.54, 1.807) is 4.57 Å². The van der Waals surface area contributed by atoms with E-state index in [1.165, 1.54) is 11.8 Å². The zero-order valence-electron chi connectivity index (χ0n) is 15.0. The number of carbonyl (C=O) groups excluding carboxylic acids is 1. The second-order valence-corrected chi connectivity index (χ2v) is 7.15. The molecule has 6 nitrogen and oxygen atoms in total. The highest BCUT2D eigenvalue weighted by atomic mass is 32.2. The molecular formula is C17H26N4O2S. The number of H-pyrrole nitrogens is 1. The third-order valence-corrected chi connectivity index (χ3v) is 5.12. The first kappa shape index (κ1) is 18.6. The molecule has 24 heavy (non-hydrogen) atoms. The Morgan fingerprint density at radius 2 is 2.08 bits per heavy atom. The van der Waals surface area contributed by atoms with Crippen LogP contribution in [0.3, 0.4) is 0 Å². The van der Waals surface area contributed by atoms with Crippen molar-refractivity contribution in [2.24, 2.45) is 0 Å². The van der Waals surface area contributed by atoms with E-state index in [-0.39, 0.29) is 29.3 Å². The van der Waals surface area contributed by atoms with Crippen molar-refractivity contribution in [2.75, 3.05) is 5.75 Å². The first-order valence-electron chi connectivity index (χ1n) is 8.41. The average molecular weight is 350 g/mol. The number of rotatable bonds is 7. The van der Waals surface area contributed by atoms with Crippen molar-refractivity contribution in [1.82, 2.24) is 19.9 Å². The van der Waals surface area contributed by atoms with Gasteiger partial charge in [-0.25, -0.2) is 4.98 Å². The van der Waals surface area contributed by atoms with Gasteiger partial charge in [0.15, 0.2) is 5.16 Å². The molecule has 132 valence electrons. The van der Waals surface area contributed by atoms with Crippen molar-refractivity contribution < 1.29 is 4.79 Å². The standard InChI is InChI=1S/C17H26N4O2S/c1-6-10(3)18-14(22)9-24-17-20-13-8-11(4)19-15(13)16(23)21(17)12(5)7-2/h8,10,12,19H,6-7,9H2,1-5H3,(H,18,22)/t10-,12-/m0/s1. The van der Waals surface area contributed by atoms with Gasteiger partial charge in [0.1, 0.15) is 5.52 Å². The Kier molecular flexibility index (Phi) is 6.10. The van der Waals surface area contributed by atoms with Gasteiger partial charge >= 0.3 is 0 Å². The topological polar surface area (TPSA) is 79.8 Å². The molecule has 0 bridgehead atoms. The highest BCUT2D eigenvalue weighted by molar-refractivity contribution is 7.99. The lowest BCUT2D eigenvalue weighted by Crippen LogP contribution is -2.33. The summed E-state index contributed by atoms with van der Waals surface area (Å²) < 4.78 is 1.69. The van der Waals surface area contributed by atoms with E-state index in [0.29, 0.717) is 16.2 Å². The van der Waals surface area contributed by atoms with E-state index in [2.05, 4.69) is 15.3 Å². The normalized spacial score (nSPS) is 13.9. The summed E-state index contributed by atoms with van der Waals surface area (Å²) in [5.41, 5.74) is 2.01. The number of nitrogens with zero attached hydrogens (tertiary/aromatic N) is 2. The number of amides is 1. The highest BCUT2D eigenvalue weighted by Gasteiger charge is 2.18. The molecule has 0 saturated heterocycles. The van der Waals surface area contributed by atoms with Crippen molar-refractivity contribution in [3.8, 4) is 0 Å². The van der Waals surface area contributed by atoms with Crippen LogP contribution in [0.1, 0.15) is 52.3 Å². The van der Waals surface area contributed by atoms with Crippen LogP contribution >= 0.6 is 11.8 Å². The molecule has 2 aromatic heterocycles. The maximum Gasteiger partial charge on any atom is 0.278 e. The van der Waals surface area contributed by atoms with Gasteiger partial charge in [0, 0.05) is 17.8 Å². The van der Waals surface area contributed by atoms with Gasteiger partial charge in [0.25, 0.3) is 5.56 Å². The quantitative estimate of drug-likeness (QED) is 0.594. The minimum absolute atomic E-state index is 0.0260. The number of carbonyl (C=O) groups is 1. The van der Waals surface area contributed by atoms with Crippen molar-refractivity contribution >= 4 is 28.7 Å². The number of nitrogens with one attached hydrogen (secondary N) is 2. The number of hydrogen-bond acceptors (Lipinski definition) is 4. The molecule has 0 radical (unpaired) electrons. The first-order valence-corrected chi connectivity index (χ1v) is 9.39. The second-order valence-electron chi connectivity index (χ2n) is 6.20. The molecule has 0 aliphatic heterocycles. The van der Waals surface area contributed by atoms with Crippen LogP contribution in [0, 0.1) is 6.92 Å². The molecule has 0 unspecified atom stereocenters.